The number of aromatic nitrogens is 2. The van der Waals surface area contributed by atoms with Crippen molar-refractivity contribution in [3.05, 3.63) is 66.0 Å². The van der Waals surface area contributed by atoms with Gasteiger partial charge in [-0.3, -0.25) is 9.59 Å². The van der Waals surface area contributed by atoms with Crippen LogP contribution in [-0.2, 0) is 9.59 Å². The molecule has 0 bridgehead atoms. The van der Waals surface area contributed by atoms with Gasteiger partial charge in [0.05, 0.1) is 5.92 Å². The number of nitrogens with one attached hydrogen (secondary N) is 4. The molecule has 164 valence electrons. The predicted octanol–water partition coefficient (Wildman–Crippen LogP) is 4.05. The van der Waals surface area contributed by atoms with E-state index in [0.717, 1.165) is 11.4 Å². The molecule has 8 heteroatoms. The first kappa shape index (κ1) is 21.3. The highest BCUT2D eigenvalue weighted by atomic mass is 16.2. The number of benzene rings is 2. The number of anilines is 5. The van der Waals surface area contributed by atoms with Gasteiger partial charge in [0.1, 0.15) is 17.5 Å². The van der Waals surface area contributed by atoms with Crippen LogP contribution in [0.3, 0.4) is 0 Å². The predicted molar refractivity (Wildman–Crippen MR) is 125 cm³/mol. The molecule has 0 spiro atoms. The van der Waals surface area contributed by atoms with Crippen molar-refractivity contribution in [2.24, 2.45) is 5.92 Å². The Kier molecular flexibility index (Phi) is 6.30. The molecule has 4 rings (SSSR count). The Bertz CT molecular complexity index is 1100. The molecule has 1 aromatic heterocycles. The number of amides is 2. The maximum absolute atomic E-state index is 12.4. The summed E-state index contributed by atoms with van der Waals surface area (Å²) in [5.74, 6) is 1.74. The van der Waals surface area contributed by atoms with Gasteiger partial charge in [-0.1, -0.05) is 17.7 Å². The van der Waals surface area contributed by atoms with Gasteiger partial charge in [-0.05, 0) is 56.7 Å². The number of hydrogen-bond acceptors (Lipinski definition) is 6. The number of carbonyl (C=O) groups is 2. The molecule has 1 saturated heterocycles. The van der Waals surface area contributed by atoms with Crippen molar-refractivity contribution < 1.29 is 9.59 Å². The van der Waals surface area contributed by atoms with E-state index in [9.17, 15) is 9.59 Å². The van der Waals surface area contributed by atoms with Crippen LogP contribution in [0.1, 0.15) is 24.2 Å². The molecule has 1 atom stereocenters. The molecule has 2 amide bonds. The number of aryl methyl sites for hydroxylation is 2. The van der Waals surface area contributed by atoms with E-state index in [-0.39, 0.29) is 17.7 Å². The van der Waals surface area contributed by atoms with E-state index >= 15 is 0 Å². The average Bonchev–Trinajstić information content (AvgIpc) is 2.77. The summed E-state index contributed by atoms with van der Waals surface area (Å²) < 4.78 is 0. The minimum Gasteiger partial charge on any atom is -0.355 e. The van der Waals surface area contributed by atoms with Crippen LogP contribution in [0.5, 0.6) is 0 Å². The van der Waals surface area contributed by atoms with Gasteiger partial charge in [0.15, 0.2) is 0 Å². The second-order valence-electron chi connectivity index (χ2n) is 7.91. The van der Waals surface area contributed by atoms with Crippen LogP contribution < -0.4 is 21.3 Å². The Balaban J connectivity index is 1.38. The molecular formula is C24H26N6O2. The molecule has 0 aliphatic carbocycles. The molecule has 0 radical (unpaired) electrons. The van der Waals surface area contributed by atoms with Crippen LogP contribution in [0.4, 0.5) is 28.7 Å². The van der Waals surface area contributed by atoms with Crippen molar-refractivity contribution in [2.45, 2.75) is 26.7 Å². The summed E-state index contributed by atoms with van der Waals surface area (Å²) >= 11 is 0. The Morgan fingerprint density at radius 3 is 2.03 bits per heavy atom. The monoisotopic (exact) mass is 430 g/mol. The van der Waals surface area contributed by atoms with E-state index in [1.807, 2.05) is 68.4 Å². The van der Waals surface area contributed by atoms with E-state index in [1.54, 1.807) is 0 Å². The third-order valence-electron chi connectivity index (χ3n) is 5.22. The molecule has 2 aromatic carbocycles. The van der Waals surface area contributed by atoms with Crippen molar-refractivity contribution in [2.75, 3.05) is 22.5 Å². The van der Waals surface area contributed by atoms with Crippen LogP contribution in [0.15, 0.2) is 54.6 Å². The minimum atomic E-state index is -0.200. The number of rotatable bonds is 6. The van der Waals surface area contributed by atoms with Gasteiger partial charge in [-0.15, -0.1) is 0 Å². The number of piperidine rings is 1. The fourth-order valence-corrected chi connectivity index (χ4v) is 3.47. The highest BCUT2D eigenvalue weighted by Gasteiger charge is 2.24. The molecule has 32 heavy (non-hydrogen) atoms. The Morgan fingerprint density at radius 2 is 1.47 bits per heavy atom. The quantitative estimate of drug-likeness (QED) is 0.470. The lowest BCUT2D eigenvalue weighted by atomic mass is 9.98. The summed E-state index contributed by atoms with van der Waals surface area (Å²) in [5.41, 5.74) is 3.70. The van der Waals surface area contributed by atoms with Crippen LogP contribution >= 0.6 is 0 Å². The lowest BCUT2D eigenvalue weighted by Gasteiger charge is -2.21. The summed E-state index contributed by atoms with van der Waals surface area (Å²) in [6, 6.07) is 17.4. The van der Waals surface area contributed by atoms with Gasteiger partial charge in [0.25, 0.3) is 0 Å². The summed E-state index contributed by atoms with van der Waals surface area (Å²) in [4.78, 5) is 32.6. The molecule has 0 saturated carbocycles. The van der Waals surface area contributed by atoms with Crippen molar-refractivity contribution in [3.63, 3.8) is 0 Å². The molecule has 4 N–H and O–H groups in total. The zero-order valence-electron chi connectivity index (χ0n) is 18.1. The minimum absolute atomic E-state index is 0.00154. The smallest absolute Gasteiger partial charge is 0.229 e. The summed E-state index contributed by atoms with van der Waals surface area (Å²) in [6.45, 7) is 4.28. The third-order valence-corrected chi connectivity index (χ3v) is 5.22. The lowest BCUT2D eigenvalue weighted by Crippen LogP contribution is -2.40. The van der Waals surface area contributed by atoms with E-state index in [1.165, 1.54) is 5.56 Å². The first-order valence-corrected chi connectivity index (χ1v) is 10.6. The van der Waals surface area contributed by atoms with Crippen molar-refractivity contribution in [1.29, 1.82) is 0 Å². The Labute approximate surface area is 186 Å². The first-order valence-electron chi connectivity index (χ1n) is 10.6. The van der Waals surface area contributed by atoms with Crippen molar-refractivity contribution >= 4 is 40.5 Å². The lowest BCUT2D eigenvalue weighted by molar-refractivity contribution is -0.126. The molecule has 1 aliphatic rings. The van der Waals surface area contributed by atoms with Crippen LogP contribution in [0, 0.1) is 19.8 Å². The van der Waals surface area contributed by atoms with Crippen molar-refractivity contribution in [3.8, 4) is 0 Å². The van der Waals surface area contributed by atoms with Crippen LogP contribution in [0.2, 0.25) is 0 Å². The maximum Gasteiger partial charge on any atom is 0.229 e. The molecule has 8 nitrogen and oxygen atoms in total. The summed E-state index contributed by atoms with van der Waals surface area (Å²) in [5, 5.41) is 12.2. The molecule has 1 fully saturated rings. The third kappa shape index (κ3) is 5.60. The van der Waals surface area contributed by atoms with Gasteiger partial charge in [-0.2, -0.15) is 0 Å². The number of hydrogen-bond donors (Lipinski definition) is 4. The second kappa shape index (κ2) is 9.47. The highest BCUT2D eigenvalue weighted by molar-refractivity contribution is 5.94. The fraction of sp³-hybridized carbons (Fsp3) is 0.250. The topological polar surface area (TPSA) is 108 Å². The molecule has 2 heterocycles. The first-order chi connectivity index (χ1) is 15.4. The van der Waals surface area contributed by atoms with E-state index < -0.39 is 0 Å². The molecular weight excluding hydrogens is 404 g/mol. The van der Waals surface area contributed by atoms with Gasteiger partial charge in [0.2, 0.25) is 11.8 Å². The standard InChI is InChI=1S/C24H26N6O2/c1-15-3-6-18(7-4-15)28-21-13-22(27-16(2)26-21)29-19-8-10-20(11-9-19)30-24(32)17-5-12-23(31)25-14-17/h3-4,6-11,13,17H,5,12,14H2,1-2H3,(H,25,31)(H,30,32)(H2,26,27,28,29). The van der Waals surface area contributed by atoms with Crippen LogP contribution in [0.25, 0.3) is 0 Å². The largest absolute Gasteiger partial charge is 0.355 e. The van der Waals surface area contributed by atoms with Crippen LogP contribution in [-0.4, -0.2) is 28.3 Å². The normalized spacial score (nSPS) is 15.6. The van der Waals surface area contributed by atoms with E-state index in [0.29, 0.717) is 42.5 Å². The van der Waals surface area contributed by atoms with Gasteiger partial charge < -0.3 is 21.3 Å². The molecule has 1 unspecified atom stereocenters. The van der Waals surface area contributed by atoms with E-state index in [2.05, 4.69) is 31.2 Å². The molecule has 1 aliphatic heterocycles. The summed E-state index contributed by atoms with van der Waals surface area (Å²) in [6.07, 6.45) is 0.962. The Morgan fingerprint density at radius 1 is 0.906 bits per heavy atom. The number of carbonyl (C=O) groups excluding carboxylic acids is 2. The SMILES string of the molecule is Cc1ccc(Nc2cc(Nc3ccc(NC(=O)C4CCC(=O)NC4)cc3)nc(C)n2)cc1. The maximum atomic E-state index is 12.4. The number of nitrogens with zero attached hydrogens (tertiary/aromatic N) is 2. The van der Waals surface area contributed by atoms with Gasteiger partial charge in [-0.25, -0.2) is 9.97 Å². The van der Waals surface area contributed by atoms with E-state index in [4.69, 9.17) is 0 Å². The summed E-state index contributed by atoms with van der Waals surface area (Å²) in [7, 11) is 0. The highest BCUT2D eigenvalue weighted by Crippen LogP contribution is 2.22. The van der Waals surface area contributed by atoms with Crippen molar-refractivity contribution in [1.82, 2.24) is 15.3 Å². The Hall–Kier alpha value is -3.94. The van der Waals surface area contributed by atoms with Gasteiger partial charge in [0, 0.05) is 36.1 Å². The zero-order chi connectivity index (χ0) is 22.5. The molecule has 3 aromatic rings. The fourth-order valence-electron chi connectivity index (χ4n) is 3.47. The average molecular weight is 431 g/mol. The second-order valence-corrected chi connectivity index (χ2v) is 7.91. The zero-order valence-corrected chi connectivity index (χ0v) is 18.1. The van der Waals surface area contributed by atoms with Gasteiger partial charge >= 0.3 is 0 Å².